The average Bonchev–Trinajstić information content (AvgIpc) is 2.59. The Kier molecular flexibility index (Phi) is 1.93. The van der Waals surface area contributed by atoms with E-state index in [1.54, 1.807) is 0 Å². The standard InChI is InChI=1S/C12H13N/c1-3-9-5-6-11-10(4-2)8-13-12(11)7-9/h3,5-8,13H,1,4H2,2H3. The molecule has 0 spiro atoms. The zero-order valence-electron chi connectivity index (χ0n) is 7.80. The molecule has 13 heavy (non-hydrogen) atoms. The molecular weight excluding hydrogens is 158 g/mol. The molecule has 0 saturated heterocycles. The molecule has 1 aromatic heterocycles. The Hall–Kier alpha value is -1.50. The molecule has 2 rings (SSSR count). The molecule has 0 saturated carbocycles. The van der Waals surface area contributed by atoms with Gasteiger partial charge in [0, 0.05) is 17.1 Å². The Balaban J connectivity index is 2.67. The zero-order chi connectivity index (χ0) is 9.26. The van der Waals surface area contributed by atoms with Crippen molar-refractivity contribution < 1.29 is 0 Å². The largest absolute Gasteiger partial charge is 0.361 e. The van der Waals surface area contributed by atoms with Crippen LogP contribution in [0, 0.1) is 0 Å². The van der Waals surface area contributed by atoms with E-state index in [1.165, 1.54) is 16.5 Å². The first kappa shape index (κ1) is 8.11. The van der Waals surface area contributed by atoms with Crippen LogP contribution < -0.4 is 0 Å². The van der Waals surface area contributed by atoms with Gasteiger partial charge < -0.3 is 4.98 Å². The normalized spacial score (nSPS) is 10.5. The van der Waals surface area contributed by atoms with Crippen LogP contribution in [0.3, 0.4) is 0 Å². The van der Waals surface area contributed by atoms with Crippen LogP contribution in [0.1, 0.15) is 18.1 Å². The quantitative estimate of drug-likeness (QED) is 0.713. The van der Waals surface area contributed by atoms with Crippen molar-refractivity contribution in [3.63, 3.8) is 0 Å². The van der Waals surface area contributed by atoms with E-state index in [-0.39, 0.29) is 0 Å². The predicted octanol–water partition coefficient (Wildman–Crippen LogP) is 3.37. The van der Waals surface area contributed by atoms with Gasteiger partial charge in [-0.3, -0.25) is 0 Å². The van der Waals surface area contributed by atoms with Crippen LogP contribution in [-0.4, -0.2) is 4.98 Å². The van der Waals surface area contributed by atoms with Crippen molar-refractivity contribution in [1.29, 1.82) is 0 Å². The maximum Gasteiger partial charge on any atom is 0.0462 e. The van der Waals surface area contributed by atoms with Crippen LogP contribution in [0.5, 0.6) is 0 Å². The molecule has 1 aromatic carbocycles. The van der Waals surface area contributed by atoms with Gasteiger partial charge in [-0.1, -0.05) is 31.7 Å². The summed E-state index contributed by atoms with van der Waals surface area (Å²) in [6, 6.07) is 6.38. The van der Waals surface area contributed by atoms with Crippen LogP contribution in [-0.2, 0) is 6.42 Å². The molecule has 0 aliphatic carbocycles. The second-order valence-electron chi connectivity index (χ2n) is 3.18. The first-order valence-electron chi connectivity index (χ1n) is 4.57. The molecule has 1 N–H and O–H groups in total. The summed E-state index contributed by atoms with van der Waals surface area (Å²) in [4.78, 5) is 3.27. The maximum atomic E-state index is 3.75. The fourth-order valence-corrected chi connectivity index (χ4v) is 1.62. The van der Waals surface area contributed by atoms with Crippen molar-refractivity contribution in [3.05, 3.63) is 42.1 Å². The number of hydrogen-bond donors (Lipinski definition) is 1. The summed E-state index contributed by atoms with van der Waals surface area (Å²) in [7, 11) is 0. The molecule has 0 unspecified atom stereocenters. The van der Waals surface area contributed by atoms with Gasteiger partial charge in [-0.05, 0) is 23.6 Å². The Morgan fingerprint density at radius 3 is 3.00 bits per heavy atom. The van der Waals surface area contributed by atoms with E-state index in [0.29, 0.717) is 0 Å². The number of aromatic nitrogens is 1. The number of hydrogen-bond acceptors (Lipinski definition) is 0. The first-order valence-corrected chi connectivity index (χ1v) is 4.57. The van der Waals surface area contributed by atoms with Gasteiger partial charge in [0.25, 0.3) is 0 Å². The highest BCUT2D eigenvalue weighted by atomic mass is 14.7. The van der Waals surface area contributed by atoms with E-state index in [9.17, 15) is 0 Å². The number of nitrogens with one attached hydrogen (secondary N) is 1. The predicted molar refractivity (Wildman–Crippen MR) is 57.8 cm³/mol. The fourth-order valence-electron chi connectivity index (χ4n) is 1.62. The SMILES string of the molecule is C=Cc1ccc2c(CC)c[nH]c2c1. The van der Waals surface area contributed by atoms with Gasteiger partial charge in [-0.25, -0.2) is 0 Å². The molecule has 0 aliphatic rings. The van der Waals surface area contributed by atoms with Gasteiger partial charge in [-0.2, -0.15) is 0 Å². The molecule has 0 bridgehead atoms. The van der Waals surface area contributed by atoms with E-state index in [2.05, 4.69) is 42.9 Å². The lowest BCUT2D eigenvalue weighted by Crippen LogP contribution is -1.76. The third-order valence-corrected chi connectivity index (χ3v) is 2.41. The van der Waals surface area contributed by atoms with Crippen molar-refractivity contribution >= 4 is 17.0 Å². The van der Waals surface area contributed by atoms with Crippen LogP contribution in [0.4, 0.5) is 0 Å². The Morgan fingerprint density at radius 2 is 2.31 bits per heavy atom. The van der Waals surface area contributed by atoms with Crippen molar-refractivity contribution in [2.24, 2.45) is 0 Å². The average molecular weight is 171 g/mol. The van der Waals surface area contributed by atoms with E-state index in [1.807, 2.05) is 6.08 Å². The van der Waals surface area contributed by atoms with Gasteiger partial charge >= 0.3 is 0 Å². The van der Waals surface area contributed by atoms with Gasteiger partial charge in [0.2, 0.25) is 0 Å². The molecule has 0 amide bonds. The van der Waals surface area contributed by atoms with Crippen LogP contribution >= 0.6 is 0 Å². The smallest absolute Gasteiger partial charge is 0.0462 e. The van der Waals surface area contributed by atoms with Crippen LogP contribution in [0.15, 0.2) is 31.0 Å². The number of rotatable bonds is 2. The van der Waals surface area contributed by atoms with E-state index in [0.717, 1.165) is 12.0 Å². The highest BCUT2D eigenvalue weighted by Crippen LogP contribution is 2.20. The summed E-state index contributed by atoms with van der Waals surface area (Å²) >= 11 is 0. The molecule has 0 radical (unpaired) electrons. The summed E-state index contributed by atoms with van der Waals surface area (Å²) < 4.78 is 0. The molecule has 1 nitrogen and oxygen atoms in total. The third-order valence-electron chi connectivity index (χ3n) is 2.41. The highest BCUT2D eigenvalue weighted by Gasteiger charge is 2.00. The van der Waals surface area contributed by atoms with Crippen molar-refractivity contribution in [1.82, 2.24) is 4.98 Å². The summed E-state index contributed by atoms with van der Waals surface area (Å²) in [5.41, 5.74) is 3.75. The van der Waals surface area contributed by atoms with E-state index < -0.39 is 0 Å². The second-order valence-corrected chi connectivity index (χ2v) is 3.18. The Bertz CT molecular complexity index is 437. The van der Waals surface area contributed by atoms with E-state index in [4.69, 9.17) is 0 Å². The number of H-pyrrole nitrogens is 1. The minimum absolute atomic E-state index is 1.08. The van der Waals surface area contributed by atoms with Gasteiger partial charge in [0.05, 0.1) is 0 Å². The number of aromatic amines is 1. The lowest BCUT2D eigenvalue weighted by molar-refractivity contribution is 1.15. The monoisotopic (exact) mass is 171 g/mol. The van der Waals surface area contributed by atoms with Crippen molar-refractivity contribution in [2.75, 3.05) is 0 Å². The van der Waals surface area contributed by atoms with Gasteiger partial charge in [0.1, 0.15) is 0 Å². The molecule has 0 aliphatic heterocycles. The van der Waals surface area contributed by atoms with Crippen molar-refractivity contribution in [3.8, 4) is 0 Å². The second kappa shape index (κ2) is 3.09. The minimum Gasteiger partial charge on any atom is -0.361 e. The lowest BCUT2D eigenvalue weighted by atomic mass is 10.1. The molecule has 2 aromatic rings. The number of aryl methyl sites for hydroxylation is 1. The van der Waals surface area contributed by atoms with E-state index >= 15 is 0 Å². The minimum atomic E-state index is 1.08. The Labute approximate surface area is 78.1 Å². The van der Waals surface area contributed by atoms with Crippen molar-refractivity contribution in [2.45, 2.75) is 13.3 Å². The fraction of sp³-hybridized carbons (Fsp3) is 0.167. The lowest BCUT2D eigenvalue weighted by Gasteiger charge is -1.95. The first-order chi connectivity index (χ1) is 6.35. The zero-order valence-corrected chi connectivity index (χ0v) is 7.80. The number of fused-ring (bicyclic) bond motifs is 1. The molecule has 66 valence electrons. The molecule has 0 fully saturated rings. The van der Waals surface area contributed by atoms with Crippen LogP contribution in [0.2, 0.25) is 0 Å². The van der Waals surface area contributed by atoms with Gasteiger partial charge in [0.15, 0.2) is 0 Å². The molecule has 1 heterocycles. The maximum absolute atomic E-state index is 3.75. The topological polar surface area (TPSA) is 15.8 Å². The highest BCUT2D eigenvalue weighted by molar-refractivity contribution is 5.85. The van der Waals surface area contributed by atoms with Gasteiger partial charge in [-0.15, -0.1) is 0 Å². The third kappa shape index (κ3) is 1.26. The summed E-state index contributed by atoms with van der Waals surface area (Å²) in [6.07, 6.45) is 5.02. The molecule has 0 atom stereocenters. The summed E-state index contributed by atoms with van der Waals surface area (Å²) in [5, 5.41) is 1.33. The molecule has 1 heteroatoms. The van der Waals surface area contributed by atoms with Crippen LogP contribution in [0.25, 0.3) is 17.0 Å². The summed E-state index contributed by atoms with van der Waals surface area (Å²) in [5.74, 6) is 0. The Morgan fingerprint density at radius 1 is 1.46 bits per heavy atom. The molecular formula is C12H13N. The summed E-state index contributed by atoms with van der Waals surface area (Å²) in [6.45, 7) is 5.92. The number of benzene rings is 1.